The average molecular weight is 265 g/mol. The van der Waals surface area contributed by atoms with Crippen LogP contribution in [0.3, 0.4) is 0 Å². The summed E-state index contributed by atoms with van der Waals surface area (Å²) in [5.74, 6) is -0.132. The fourth-order valence-corrected chi connectivity index (χ4v) is 2.33. The fourth-order valence-electron chi connectivity index (χ4n) is 2.33. The third-order valence-electron chi connectivity index (χ3n) is 3.41. The van der Waals surface area contributed by atoms with E-state index in [2.05, 4.69) is 25.2 Å². The summed E-state index contributed by atoms with van der Waals surface area (Å²) in [6.45, 7) is 5.57. The van der Waals surface area contributed by atoms with Crippen molar-refractivity contribution < 1.29 is 9.53 Å². The van der Waals surface area contributed by atoms with E-state index in [1.807, 2.05) is 0 Å². The first kappa shape index (κ1) is 15.7. The molecule has 3 N–H and O–H groups in total. The number of nitrogens with two attached hydrogens (primary N) is 1. The summed E-state index contributed by atoms with van der Waals surface area (Å²) < 4.78 is 5.98. The minimum absolute atomic E-state index is 0.114. The SMILES string of the molecule is CCC(CC)O[C@@H]1C=C(C#N)C[C@H](N)[C@H]1NC(C)=O. The van der Waals surface area contributed by atoms with Crippen LogP contribution in [0.25, 0.3) is 0 Å². The van der Waals surface area contributed by atoms with Crippen LogP contribution >= 0.6 is 0 Å². The minimum atomic E-state index is -0.327. The number of nitriles is 1. The molecule has 0 aromatic rings. The van der Waals surface area contributed by atoms with Gasteiger partial charge < -0.3 is 15.8 Å². The second-order valence-electron chi connectivity index (χ2n) is 4.94. The molecule has 1 aliphatic carbocycles. The standard InChI is InChI=1S/C14H23N3O2/c1-4-11(5-2)19-13-7-10(8-15)6-12(16)14(13)17-9(3)18/h7,11-14H,4-6,16H2,1-3H3,(H,17,18)/t12-,13+,14+/m0/s1. The zero-order chi connectivity index (χ0) is 14.4. The van der Waals surface area contributed by atoms with E-state index in [9.17, 15) is 4.79 Å². The molecule has 106 valence electrons. The Balaban J connectivity index is 2.89. The lowest BCUT2D eigenvalue weighted by atomic mass is 9.89. The first-order chi connectivity index (χ1) is 9.01. The van der Waals surface area contributed by atoms with Gasteiger partial charge in [0, 0.05) is 18.5 Å². The summed E-state index contributed by atoms with van der Waals surface area (Å²) in [5, 5.41) is 11.9. The van der Waals surface area contributed by atoms with Crippen LogP contribution in [0.5, 0.6) is 0 Å². The summed E-state index contributed by atoms with van der Waals surface area (Å²) in [7, 11) is 0. The molecule has 0 radical (unpaired) electrons. The van der Waals surface area contributed by atoms with Crippen LogP contribution in [0.15, 0.2) is 11.6 Å². The van der Waals surface area contributed by atoms with E-state index in [0.29, 0.717) is 12.0 Å². The van der Waals surface area contributed by atoms with Crippen molar-refractivity contribution in [1.29, 1.82) is 5.26 Å². The van der Waals surface area contributed by atoms with Crippen molar-refractivity contribution in [2.75, 3.05) is 0 Å². The highest BCUT2D eigenvalue weighted by Gasteiger charge is 2.33. The molecule has 0 aliphatic heterocycles. The van der Waals surface area contributed by atoms with Crippen molar-refractivity contribution in [2.24, 2.45) is 5.73 Å². The Kier molecular flexibility index (Phi) is 6.00. The van der Waals surface area contributed by atoms with E-state index in [4.69, 9.17) is 15.7 Å². The zero-order valence-corrected chi connectivity index (χ0v) is 11.8. The molecule has 1 rings (SSSR count). The third kappa shape index (κ3) is 4.34. The monoisotopic (exact) mass is 265 g/mol. The van der Waals surface area contributed by atoms with E-state index >= 15 is 0 Å². The topological polar surface area (TPSA) is 88.1 Å². The number of nitrogens with zero attached hydrogens (tertiary/aromatic N) is 1. The van der Waals surface area contributed by atoms with Gasteiger partial charge in [0.15, 0.2) is 0 Å². The van der Waals surface area contributed by atoms with Gasteiger partial charge >= 0.3 is 0 Å². The lowest BCUT2D eigenvalue weighted by Crippen LogP contribution is -2.56. The molecule has 0 bridgehead atoms. The molecule has 0 saturated heterocycles. The molecule has 0 heterocycles. The predicted octanol–water partition coefficient (Wildman–Crippen LogP) is 1.25. The Morgan fingerprint density at radius 2 is 2.26 bits per heavy atom. The summed E-state index contributed by atoms with van der Waals surface area (Å²) >= 11 is 0. The van der Waals surface area contributed by atoms with Crippen molar-refractivity contribution in [3.8, 4) is 6.07 Å². The van der Waals surface area contributed by atoms with E-state index in [0.717, 1.165) is 12.8 Å². The predicted molar refractivity (Wildman–Crippen MR) is 73.1 cm³/mol. The van der Waals surface area contributed by atoms with Gasteiger partial charge in [-0.05, 0) is 25.3 Å². The van der Waals surface area contributed by atoms with Gasteiger partial charge in [-0.25, -0.2) is 0 Å². The number of amides is 1. The molecule has 5 nitrogen and oxygen atoms in total. The van der Waals surface area contributed by atoms with Crippen LogP contribution < -0.4 is 11.1 Å². The second-order valence-corrected chi connectivity index (χ2v) is 4.94. The van der Waals surface area contributed by atoms with Gasteiger partial charge in [0.2, 0.25) is 5.91 Å². The molecule has 0 aromatic carbocycles. The number of carbonyl (C=O) groups excluding carboxylic acids is 1. The molecule has 3 atom stereocenters. The highest BCUT2D eigenvalue weighted by molar-refractivity contribution is 5.73. The lowest BCUT2D eigenvalue weighted by molar-refractivity contribution is -0.121. The van der Waals surface area contributed by atoms with Gasteiger partial charge in [-0.15, -0.1) is 0 Å². The van der Waals surface area contributed by atoms with Gasteiger partial charge in [-0.1, -0.05) is 13.8 Å². The van der Waals surface area contributed by atoms with Gasteiger partial charge in [0.25, 0.3) is 0 Å². The fraction of sp³-hybridized carbons (Fsp3) is 0.714. The summed E-state index contributed by atoms with van der Waals surface area (Å²) in [5.41, 5.74) is 6.69. The highest BCUT2D eigenvalue weighted by atomic mass is 16.5. The highest BCUT2D eigenvalue weighted by Crippen LogP contribution is 2.22. The first-order valence-corrected chi connectivity index (χ1v) is 6.80. The third-order valence-corrected chi connectivity index (χ3v) is 3.41. The lowest BCUT2D eigenvalue weighted by Gasteiger charge is -2.36. The Morgan fingerprint density at radius 1 is 1.63 bits per heavy atom. The maximum Gasteiger partial charge on any atom is 0.217 e. The average Bonchev–Trinajstić information content (AvgIpc) is 2.38. The number of hydrogen-bond acceptors (Lipinski definition) is 4. The van der Waals surface area contributed by atoms with Crippen LogP contribution in [0.4, 0.5) is 0 Å². The van der Waals surface area contributed by atoms with E-state index in [1.165, 1.54) is 6.92 Å². The molecule has 5 heteroatoms. The number of carbonyl (C=O) groups is 1. The number of ether oxygens (including phenoxy) is 1. The maximum absolute atomic E-state index is 11.3. The molecule has 1 aliphatic rings. The number of nitrogens with one attached hydrogen (secondary N) is 1. The number of rotatable bonds is 5. The van der Waals surface area contributed by atoms with Crippen LogP contribution in [-0.4, -0.2) is 30.2 Å². The Morgan fingerprint density at radius 3 is 2.74 bits per heavy atom. The van der Waals surface area contributed by atoms with Crippen molar-refractivity contribution >= 4 is 5.91 Å². The second kappa shape index (κ2) is 7.27. The van der Waals surface area contributed by atoms with E-state index in [-0.39, 0.29) is 30.2 Å². The number of hydrogen-bond donors (Lipinski definition) is 2. The molecule has 0 spiro atoms. The molecule has 0 fully saturated rings. The Hall–Kier alpha value is -1.38. The Labute approximate surface area is 114 Å². The van der Waals surface area contributed by atoms with Crippen LogP contribution in [0.1, 0.15) is 40.0 Å². The van der Waals surface area contributed by atoms with Gasteiger partial charge in [0.05, 0.1) is 24.3 Å². The van der Waals surface area contributed by atoms with E-state index < -0.39 is 0 Å². The zero-order valence-electron chi connectivity index (χ0n) is 11.8. The molecular formula is C14H23N3O2. The maximum atomic E-state index is 11.3. The summed E-state index contributed by atoms with van der Waals surface area (Å²) in [6.07, 6.45) is 3.84. The smallest absolute Gasteiger partial charge is 0.217 e. The summed E-state index contributed by atoms with van der Waals surface area (Å²) in [6, 6.07) is 1.58. The molecular weight excluding hydrogens is 242 g/mol. The van der Waals surface area contributed by atoms with Crippen LogP contribution in [-0.2, 0) is 9.53 Å². The molecule has 0 saturated carbocycles. The van der Waals surface area contributed by atoms with Crippen molar-refractivity contribution in [3.63, 3.8) is 0 Å². The largest absolute Gasteiger partial charge is 0.369 e. The van der Waals surface area contributed by atoms with Crippen LogP contribution in [0.2, 0.25) is 0 Å². The van der Waals surface area contributed by atoms with Crippen molar-refractivity contribution in [1.82, 2.24) is 5.32 Å². The van der Waals surface area contributed by atoms with Crippen molar-refractivity contribution in [3.05, 3.63) is 11.6 Å². The van der Waals surface area contributed by atoms with Gasteiger partial charge in [-0.2, -0.15) is 5.26 Å². The van der Waals surface area contributed by atoms with Crippen molar-refractivity contribution in [2.45, 2.75) is 64.3 Å². The first-order valence-electron chi connectivity index (χ1n) is 6.80. The molecule has 1 amide bonds. The molecule has 0 unspecified atom stereocenters. The molecule has 0 aromatic heterocycles. The quantitative estimate of drug-likeness (QED) is 0.783. The van der Waals surface area contributed by atoms with Crippen LogP contribution in [0, 0.1) is 11.3 Å². The summed E-state index contributed by atoms with van der Waals surface area (Å²) in [4.78, 5) is 11.3. The van der Waals surface area contributed by atoms with Gasteiger partial charge in [-0.3, -0.25) is 4.79 Å². The Bertz CT molecular complexity index is 383. The van der Waals surface area contributed by atoms with E-state index in [1.54, 1.807) is 6.08 Å². The normalized spacial score (nSPS) is 26.7. The minimum Gasteiger partial charge on any atom is -0.369 e. The molecule has 19 heavy (non-hydrogen) atoms. The van der Waals surface area contributed by atoms with Gasteiger partial charge in [0.1, 0.15) is 0 Å².